The molecule has 2 heterocycles. The van der Waals surface area contributed by atoms with Crippen molar-refractivity contribution >= 4 is 0 Å². The third kappa shape index (κ3) is 4.30. The summed E-state index contributed by atoms with van der Waals surface area (Å²) in [6.45, 7) is 9.78. The van der Waals surface area contributed by atoms with Crippen LogP contribution < -0.4 is 5.73 Å². The van der Waals surface area contributed by atoms with E-state index in [1.807, 2.05) is 11.7 Å². The largest absolute Gasteiger partial charge is 0.330 e. The Kier molecular flexibility index (Phi) is 5.36. The van der Waals surface area contributed by atoms with Crippen LogP contribution in [0.2, 0.25) is 0 Å². The molecule has 1 aliphatic heterocycles. The lowest BCUT2D eigenvalue weighted by Crippen LogP contribution is -2.46. The molecule has 0 bridgehead atoms. The van der Waals surface area contributed by atoms with Crippen molar-refractivity contribution in [3.05, 3.63) is 17.5 Å². The fraction of sp³-hybridized carbons (Fsp3) is 0.786. The fourth-order valence-corrected chi connectivity index (χ4v) is 2.69. The Balaban J connectivity index is 1.73. The maximum Gasteiger partial charge on any atom is 0.0597 e. The zero-order valence-corrected chi connectivity index (χ0v) is 12.3. The molecule has 0 atom stereocenters. The number of aromatic nitrogens is 2. The molecule has 19 heavy (non-hydrogen) atoms. The molecule has 0 spiro atoms. The summed E-state index contributed by atoms with van der Waals surface area (Å²) in [4.78, 5) is 5.08. The first kappa shape index (κ1) is 14.5. The summed E-state index contributed by atoms with van der Waals surface area (Å²) in [6.07, 6.45) is 2.38. The van der Waals surface area contributed by atoms with Crippen molar-refractivity contribution in [2.24, 2.45) is 12.8 Å². The summed E-state index contributed by atoms with van der Waals surface area (Å²) in [5.74, 6) is 0. The summed E-state index contributed by atoms with van der Waals surface area (Å²) in [5.41, 5.74) is 7.96. The van der Waals surface area contributed by atoms with Crippen LogP contribution in [0.5, 0.6) is 0 Å². The molecule has 0 unspecified atom stereocenters. The second-order valence-electron chi connectivity index (χ2n) is 5.51. The molecule has 2 N–H and O–H groups in total. The predicted octanol–water partition coefficient (Wildman–Crippen LogP) is 0.585. The monoisotopic (exact) mass is 265 g/mol. The molecule has 0 saturated carbocycles. The first-order valence-electron chi connectivity index (χ1n) is 7.33. The average Bonchev–Trinajstić information content (AvgIpc) is 2.70. The third-order valence-electron chi connectivity index (χ3n) is 3.88. The minimum Gasteiger partial charge on any atom is -0.330 e. The molecule has 1 aromatic heterocycles. The lowest BCUT2D eigenvalue weighted by Gasteiger charge is -2.34. The van der Waals surface area contributed by atoms with Gasteiger partial charge in [0.05, 0.1) is 11.4 Å². The van der Waals surface area contributed by atoms with Gasteiger partial charge in [0.2, 0.25) is 0 Å². The molecule has 1 aliphatic rings. The van der Waals surface area contributed by atoms with Crippen LogP contribution in [0.1, 0.15) is 24.2 Å². The zero-order valence-electron chi connectivity index (χ0n) is 12.3. The third-order valence-corrected chi connectivity index (χ3v) is 3.88. The number of aryl methyl sites for hydroxylation is 2. The number of nitrogens with zero attached hydrogens (tertiary/aromatic N) is 4. The van der Waals surface area contributed by atoms with E-state index in [9.17, 15) is 0 Å². The van der Waals surface area contributed by atoms with Crippen molar-refractivity contribution in [2.45, 2.75) is 26.3 Å². The number of piperazine rings is 1. The van der Waals surface area contributed by atoms with Gasteiger partial charge >= 0.3 is 0 Å². The van der Waals surface area contributed by atoms with Gasteiger partial charge in [-0.3, -0.25) is 9.58 Å². The maximum absolute atomic E-state index is 5.53. The number of rotatable bonds is 6. The van der Waals surface area contributed by atoms with Crippen LogP contribution in [0.15, 0.2) is 6.07 Å². The second kappa shape index (κ2) is 7.03. The predicted molar refractivity (Wildman–Crippen MR) is 78.0 cm³/mol. The molecule has 1 aromatic rings. The van der Waals surface area contributed by atoms with Crippen molar-refractivity contribution in [3.63, 3.8) is 0 Å². The van der Waals surface area contributed by atoms with E-state index in [1.165, 1.54) is 31.7 Å². The van der Waals surface area contributed by atoms with Gasteiger partial charge in [0.15, 0.2) is 0 Å². The van der Waals surface area contributed by atoms with E-state index in [0.717, 1.165) is 38.3 Å². The molecule has 5 heteroatoms. The maximum atomic E-state index is 5.53. The highest BCUT2D eigenvalue weighted by Crippen LogP contribution is 2.09. The van der Waals surface area contributed by atoms with E-state index in [2.05, 4.69) is 27.9 Å². The van der Waals surface area contributed by atoms with Gasteiger partial charge in [-0.1, -0.05) is 0 Å². The normalized spacial score (nSPS) is 18.1. The Labute approximate surface area is 116 Å². The Hall–Kier alpha value is -0.910. The van der Waals surface area contributed by atoms with Crippen LogP contribution >= 0.6 is 0 Å². The van der Waals surface area contributed by atoms with E-state index in [0.29, 0.717) is 0 Å². The van der Waals surface area contributed by atoms with Crippen LogP contribution in [0.25, 0.3) is 0 Å². The quantitative estimate of drug-likeness (QED) is 0.765. The Morgan fingerprint density at radius 1 is 1.16 bits per heavy atom. The molecule has 5 nitrogen and oxygen atoms in total. The zero-order chi connectivity index (χ0) is 13.7. The van der Waals surface area contributed by atoms with E-state index in [1.54, 1.807) is 0 Å². The molecule has 1 saturated heterocycles. The van der Waals surface area contributed by atoms with Crippen LogP contribution in [-0.2, 0) is 13.6 Å². The minimum absolute atomic E-state index is 0.819. The first-order chi connectivity index (χ1) is 9.19. The summed E-state index contributed by atoms with van der Waals surface area (Å²) >= 11 is 0. The van der Waals surface area contributed by atoms with E-state index in [4.69, 9.17) is 5.73 Å². The lowest BCUT2D eigenvalue weighted by atomic mass is 10.2. The van der Waals surface area contributed by atoms with E-state index >= 15 is 0 Å². The van der Waals surface area contributed by atoms with Gasteiger partial charge in [-0.05, 0) is 38.9 Å². The molecule has 0 radical (unpaired) electrons. The van der Waals surface area contributed by atoms with Crippen molar-refractivity contribution in [1.29, 1.82) is 0 Å². The molecule has 1 fully saturated rings. The summed E-state index contributed by atoms with van der Waals surface area (Å²) < 4.78 is 2.00. The molecule has 108 valence electrons. The lowest BCUT2D eigenvalue weighted by molar-refractivity contribution is 0.124. The molecular formula is C14H27N5. The van der Waals surface area contributed by atoms with Crippen molar-refractivity contribution < 1.29 is 0 Å². The minimum atomic E-state index is 0.819. The van der Waals surface area contributed by atoms with Gasteiger partial charge in [0.1, 0.15) is 0 Å². The number of hydrogen-bond acceptors (Lipinski definition) is 4. The van der Waals surface area contributed by atoms with Crippen molar-refractivity contribution in [1.82, 2.24) is 19.6 Å². The van der Waals surface area contributed by atoms with Crippen LogP contribution in [-0.4, -0.2) is 58.8 Å². The standard InChI is InChI=1S/C14H27N5/c1-13-11-14(17(2)16-13)12-19-9-7-18(8-10-19)6-4-3-5-15/h11H,3-10,12,15H2,1-2H3. The molecule has 0 aliphatic carbocycles. The number of nitrogens with two attached hydrogens (primary N) is 1. The van der Waals surface area contributed by atoms with Gasteiger partial charge < -0.3 is 10.6 Å². The van der Waals surface area contributed by atoms with Crippen LogP contribution in [0.3, 0.4) is 0 Å². The average molecular weight is 265 g/mol. The summed E-state index contributed by atoms with van der Waals surface area (Å²) in [7, 11) is 2.03. The summed E-state index contributed by atoms with van der Waals surface area (Å²) in [6, 6.07) is 2.19. The highest BCUT2D eigenvalue weighted by molar-refractivity contribution is 5.08. The van der Waals surface area contributed by atoms with Gasteiger partial charge in [0.25, 0.3) is 0 Å². The van der Waals surface area contributed by atoms with Crippen LogP contribution in [0.4, 0.5) is 0 Å². The number of hydrogen-bond donors (Lipinski definition) is 1. The Morgan fingerprint density at radius 3 is 2.42 bits per heavy atom. The molecular weight excluding hydrogens is 238 g/mol. The highest BCUT2D eigenvalue weighted by atomic mass is 15.3. The van der Waals surface area contributed by atoms with E-state index in [-0.39, 0.29) is 0 Å². The Bertz CT molecular complexity index is 379. The van der Waals surface area contributed by atoms with Gasteiger partial charge in [-0.2, -0.15) is 5.10 Å². The topological polar surface area (TPSA) is 50.3 Å². The van der Waals surface area contributed by atoms with Gasteiger partial charge in [-0.25, -0.2) is 0 Å². The Morgan fingerprint density at radius 2 is 1.84 bits per heavy atom. The SMILES string of the molecule is Cc1cc(CN2CCN(CCCCN)CC2)n(C)n1. The smallest absolute Gasteiger partial charge is 0.0597 e. The van der Waals surface area contributed by atoms with Crippen LogP contribution in [0, 0.1) is 6.92 Å². The summed E-state index contributed by atoms with van der Waals surface area (Å²) in [5, 5.41) is 4.41. The fourth-order valence-electron chi connectivity index (χ4n) is 2.69. The second-order valence-corrected chi connectivity index (χ2v) is 5.51. The molecule has 0 aromatic carbocycles. The van der Waals surface area contributed by atoms with Gasteiger partial charge in [-0.15, -0.1) is 0 Å². The van der Waals surface area contributed by atoms with E-state index < -0.39 is 0 Å². The first-order valence-corrected chi connectivity index (χ1v) is 7.33. The van der Waals surface area contributed by atoms with Crippen molar-refractivity contribution in [2.75, 3.05) is 39.3 Å². The number of unbranched alkanes of at least 4 members (excludes halogenated alkanes) is 1. The van der Waals surface area contributed by atoms with Gasteiger partial charge in [0, 0.05) is 39.8 Å². The molecule has 2 rings (SSSR count). The molecule has 0 amide bonds. The van der Waals surface area contributed by atoms with Crippen molar-refractivity contribution in [3.8, 4) is 0 Å². The highest BCUT2D eigenvalue weighted by Gasteiger charge is 2.17.